The SMILES string of the molecule is CCc1ncnc(-c2ccc(C(=O)N(CC)CC)c(OC)c2)c1C#Cc1ccc(N)nc1. The molecule has 0 spiro atoms. The lowest BCUT2D eigenvalue weighted by atomic mass is 10.0. The molecule has 32 heavy (non-hydrogen) atoms. The molecule has 3 aromatic rings. The number of anilines is 1. The number of nitrogen functional groups attached to an aromatic ring is 1. The highest BCUT2D eigenvalue weighted by Crippen LogP contribution is 2.29. The second kappa shape index (κ2) is 10.4. The molecule has 0 bridgehead atoms. The quantitative estimate of drug-likeness (QED) is 0.602. The van der Waals surface area contributed by atoms with Crippen LogP contribution < -0.4 is 10.5 Å². The number of pyridine rings is 1. The molecule has 164 valence electrons. The van der Waals surface area contributed by atoms with E-state index in [9.17, 15) is 4.79 Å². The van der Waals surface area contributed by atoms with Crippen molar-refractivity contribution in [3.63, 3.8) is 0 Å². The van der Waals surface area contributed by atoms with Gasteiger partial charge in [0.1, 0.15) is 17.9 Å². The van der Waals surface area contributed by atoms with E-state index >= 15 is 0 Å². The highest BCUT2D eigenvalue weighted by Gasteiger charge is 2.19. The van der Waals surface area contributed by atoms with Gasteiger partial charge in [0.2, 0.25) is 0 Å². The average molecular weight is 430 g/mol. The maximum atomic E-state index is 12.9. The maximum absolute atomic E-state index is 12.9. The number of ether oxygens (including phenoxy) is 1. The van der Waals surface area contributed by atoms with Crippen molar-refractivity contribution in [2.24, 2.45) is 0 Å². The van der Waals surface area contributed by atoms with E-state index in [1.165, 1.54) is 6.33 Å². The summed E-state index contributed by atoms with van der Waals surface area (Å²) in [4.78, 5) is 27.6. The van der Waals surface area contributed by atoms with Crippen LogP contribution in [0.2, 0.25) is 0 Å². The first-order valence-corrected chi connectivity index (χ1v) is 10.6. The number of hydrogen-bond donors (Lipinski definition) is 1. The van der Waals surface area contributed by atoms with Crippen molar-refractivity contribution in [1.82, 2.24) is 19.9 Å². The number of nitrogens with two attached hydrogens (primary N) is 1. The Kier molecular flexibility index (Phi) is 7.40. The van der Waals surface area contributed by atoms with Crippen molar-refractivity contribution in [2.75, 3.05) is 25.9 Å². The summed E-state index contributed by atoms with van der Waals surface area (Å²) in [5.41, 5.74) is 9.98. The number of nitrogens with zero attached hydrogens (tertiary/aromatic N) is 4. The number of methoxy groups -OCH3 is 1. The molecule has 0 fully saturated rings. The van der Waals surface area contributed by atoms with Gasteiger partial charge in [-0.2, -0.15) is 0 Å². The molecule has 7 heteroatoms. The minimum atomic E-state index is -0.0637. The van der Waals surface area contributed by atoms with Crippen LogP contribution in [0, 0.1) is 11.8 Å². The molecule has 3 rings (SSSR count). The molecular formula is C25H27N5O2. The van der Waals surface area contributed by atoms with Crippen LogP contribution in [0.1, 0.15) is 48.0 Å². The minimum Gasteiger partial charge on any atom is -0.496 e. The van der Waals surface area contributed by atoms with Crippen LogP contribution in [0.3, 0.4) is 0 Å². The Morgan fingerprint density at radius 2 is 1.84 bits per heavy atom. The number of aryl methyl sites for hydroxylation is 1. The summed E-state index contributed by atoms with van der Waals surface area (Å²) in [7, 11) is 1.56. The van der Waals surface area contributed by atoms with Crippen LogP contribution in [0.25, 0.3) is 11.3 Å². The molecule has 2 heterocycles. The van der Waals surface area contributed by atoms with Crippen molar-refractivity contribution in [3.05, 3.63) is 65.2 Å². The van der Waals surface area contributed by atoms with Crippen LogP contribution >= 0.6 is 0 Å². The Bertz CT molecular complexity index is 1160. The van der Waals surface area contributed by atoms with Gasteiger partial charge < -0.3 is 15.4 Å². The van der Waals surface area contributed by atoms with Gasteiger partial charge in [-0.3, -0.25) is 4.79 Å². The highest BCUT2D eigenvalue weighted by molar-refractivity contribution is 5.97. The molecular weight excluding hydrogens is 402 g/mol. The Morgan fingerprint density at radius 1 is 1.06 bits per heavy atom. The van der Waals surface area contributed by atoms with Crippen molar-refractivity contribution in [3.8, 4) is 28.8 Å². The van der Waals surface area contributed by atoms with Gasteiger partial charge >= 0.3 is 0 Å². The van der Waals surface area contributed by atoms with Gasteiger partial charge in [-0.1, -0.05) is 24.8 Å². The average Bonchev–Trinajstić information content (AvgIpc) is 2.83. The molecule has 7 nitrogen and oxygen atoms in total. The van der Waals surface area contributed by atoms with E-state index < -0.39 is 0 Å². The monoisotopic (exact) mass is 429 g/mol. The van der Waals surface area contributed by atoms with Crippen LogP contribution in [0.5, 0.6) is 5.75 Å². The fraction of sp³-hybridized carbons (Fsp3) is 0.280. The van der Waals surface area contributed by atoms with Gasteiger partial charge in [-0.05, 0) is 44.5 Å². The zero-order chi connectivity index (χ0) is 23.1. The maximum Gasteiger partial charge on any atom is 0.257 e. The van der Waals surface area contributed by atoms with Crippen molar-refractivity contribution >= 4 is 11.7 Å². The standard InChI is InChI=1S/C25H27N5O2/c1-5-21-19(11-8-17-9-13-23(26)27-15-17)24(29-16-28-21)18-10-12-20(22(14-18)32-4)25(31)30(6-2)7-3/h9-10,12-16H,5-7H2,1-4H3,(H2,26,27). The summed E-state index contributed by atoms with van der Waals surface area (Å²) in [6, 6.07) is 9.01. The molecule has 0 saturated carbocycles. The molecule has 0 aliphatic rings. The molecule has 0 unspecified atom stereocenters. The van der Waals surface area contributed by atoms with Gasteiger partial charge in [0.15, 0.2) is 0 Å². The van der Waals surface area contributed by atoms with Crippen LogP contribution in [-0.4, -0.2) is 46.0 Å². The number of hydrogen-bond acceptors (Lipinski definition) is 6. The third-order valence-electron chi connectivity index (χ3n) is 5.13. The lowest BCUT2D eigenvalue weighted by molar-refractivity contribution is 0.0769. The predicted molar refractivity (Wildman–Crippen MR) is 125 cm³/mol. The van der Waals surface area contributed by atoms with Crippen LogP contribution in [-0.2, 0) is 6.42 Å². The number of aromatic nitrogens is 3. The first-order chi connectivity index (χ1) is 15.5. The van der Waals surface area contributed by atoms with Gasteiger partial charge in [-0.25, -0.2) is 15.0 Å². The second-order valence-corrected chi connectivity index (χ2v) is 7.01. The zero-order valence-electron chi connectivity index (χ0n) is 18.8. The van der Waals surface area contributed by atoms with E-state index in [-0.39, 0.29) is 5.91 Å². The summed E-state index contributed by atoms with van der Waals surface area (Å²) in [5.74, 6) is 7.21. The topological polar surface area (TPSA) is 94.2 Å². The third kappa shape index (κ3) is 4.86. The third-order valence-corrected chi connectivity index (χ3v) is 5.13. The van der Waals surface area contributed by atoms with Crippen LogP contribution in [0.15, 0.2) is 42.9 Å². The van der Waals surface area contributed by atoms with Crippen molar-refractivity contribution in [1.29, 1.82) is 0 Å². The summed E-state index contributed by atoms with van der Waals surface area (Å²) in [6.07, 6.45) is 3.87. The molecule has 0 aliphatic heterocycles. The van der Waals surface area contributed by atoms with Crippen molar-refractivity contribution in [2.45, 2.75) is 27.2 Å². The molecule has 0 saturated heterocycles. The van der Waals surface area contributed by atoms with Gasteiger partial charge in [0.05, 0.1) is 29.6 Å². The lowest BCUT2D eigenvalue weighted by Gasteiger charge is -2.20. The van der Waals surface area contributed by atoms with E-state index in [0.29, 0.717) is 42.3 Å². The highest BCUT2D eigenvalue weighted by atomic mass is 16.5. The number of benzene rings is 1. The fourth-order valence-electron chi connectivity index (χ4n) is 3.35. The summed E-state index contributed by atoms with van der Waals surface area (Å²) >= 11 is 0. The molecule has 0 aliphatic carbocycles. The predicted octanol–water partition coefficient (Wildman–Crippen LogP) is 3.57. The first-order valence-electron chi connectivity index (χ1n) is 10.6. The zero-order valence-corrected chi connectivity index (χ0v) is 18.8. The Labute approximate surface area is 188 Å². The van der Waals surface area contributed by atoms with Gasteiger partial charge in [0, 0.05) is 30.4 Å². The summed E-state index contributed by atoms with van der Waals surface area (Å²) < 4.78 is 5.56. The van der Waals surface area contributed by atoms with E-state index in [0.717, 1.165) is 22.4 Å². The molecule has 0 radical (unpaired) electrons. The molecule has 0 atom stereocenters. The largest absolute Gasteiger partial charge is 0.496 e. The van der Waals surface area contributed by atoms with E-state index in [2.05, 4.69) is 26.8 Å². The number of amides is 1. The van der Waals surface area contributed by atoms with E-state index in [1.54, 1.807) is 30.3 Å². The summed E-state index contributed by atoms with van der Waals surface area (Å²) in [5, 5.41) is 0. The fourth-order valence-corrected chi connectivity index (χ4v) is 3.35. The van der Waals surface area contributed by atoms with E-state index in [1.807, 2.05) is 39.0 Å². The van der Waals surface area contributed by atoms with Gasteiger partial charge in [0.25, 0.3) is 5.91 Å². The molecule has 1 aromatic carbocycles. The van der Waals surface area contributed by atoms with Crippen molar-refractivity contribution < 1.29 is 9.53 Å². The molecule has 2 N–H and O–H groups in total. The molecule has 1 amide bonds. The first kappa shape index (κ1) is 22.8. The number of carbonyl (C=O) groups excluding carboxylic acids is 1. The Morgan fingerprint density at radius 3 is 2.47 bits per heavy atom. The van der Waals surface area contributed by atoms with Crippen LogP contribution in [0.4, 0.5) is 5.82 Å². The number of rotatable bonds is 6. The second-order valence-electron chi connectivity index (χ2n) is 7.01. The minimum absolute atomic E-state index is 0.0637. The normalized spacial score (nSPS) is 10.2. The lowest BCUT2D eigenvalue weighted by Crippen LogP contribution is -2.30. The Balaban J connectivity index is 2.08. The van der Waals surface area contributed by atoms with Gasteiger partial charge in [-0.15, -0.1) is 0 Å². The molecule has 2 aromatic heterocycles. The van der Waals surface area contributed by atoms with E-state index in [4.69, 9.17) is 10.5 Å². The number of carbonyl (C=O) groups is 1. The smallest absolute Gasteiger partial charge is 0.257 e. The Hall–Kier alpha value is -3.92. The summed E-state index contributed by atoms with van der Waals surface area (Å²) in [6.45, 7) is 7.19.